The molecule has 0 radical (unpaired) electrons. The van der Waals surface area contributed by atoms with Crippen molar-refractivity contribution in [3.8, 4) is 0 Å². The fraction of sp³-hybridized carbons (Fsp3) is 0.375. The van der Waals surface area contributed by atoms with Gasteiger partial charge >= 0.3 is 0 Å². The molecular formula is C16H19N3O2. The van der Waals surface area contributed by atoms with Gasteiger partial charge in [0.1, 0.15) is 0 Å². The van der Waals surface area contributed by atoms with E-state index in [0.29, 0.717) is 0 Å². The van der Waals surface area contributed by atoms with Crippen LogP contribution in [-0.4, -0.2) is 29.9 Å². The minimum Gasteiger partial charge on any atom is -0.361 e. The molecule has 1 fully saturated rings. The number of hydrogen-bond acceptors (Lipinski definition) is 3. The molecule has 1 aromatic heterocycles. The molecule has 3 rings (SSSR count). The zero-order valence-corrected chi connectivity index (χ0v) is 11.8. The molecule has 1 aromatic carbocycles. The van der Waals surface area contributed by atoms with E-state index in [-0.39, 0.29) is 24.2 Å². The molecular weight excluding hydrogens is 266 g/mol. The first kappa shape index (κ1) is 13.8. The Labute approximate surface area is 123 Å². The molecule has 0 unspecified atom stereocenters. The third kappa shape index (κ3) is 3.31. The summed E-state index contributed by atoms with van der Waals surface area (Å²) in [6.45, 7) is 1.69. The Balaban J connectivity index is 1.59. The Morgan fingerprint density at radius 1 is 1.19 bits per heavy atom. The highest BCUT2D eigenvalue weighted by atomic mass is 16.2. The molecule has 21 heavy (non-hydrogen) atoms. The van der Waals surface area contributed by atoms with Crippen molar-refractivity contribution >= 4 is 22.7 Å². The van der Waals surface area contributed by atoms with Crippen molar-refractivity contribution in [2.24, 2.45) is 5.92 Å². The second-order valence-corrected chi connectivity index (χ2v) is 5.51. The summed E-state index contributed by atoms with van der Waals surface area (Å²) in [5.41, 5.74) is 1.91. The number of imide groups is 1. The average Bonchev–Trinajstić information content (AvgIpc) is 2.95. The molecule has 110 valence electrons. The molecule has 1 aliphatic rings. The number of carbonyl (C=O) groups is 2. The number of H-pyrrole nitrogens is 1. The number of piperidine rings is 1. The fourth-order valence-electron chi connectivity index (χ4n) is 2.76. The lowest BCUT2D eigenvalue weighted by Gasteiger charge is -2.21. The molecule has 1 aliphatic heterocycles. The number of fused-ring (bicyclic) bond motifs is 1. The van der Waals surface area contributed by atoms with Gasteiger partial charge in [-0.15, -0.1) is 0 Å². The van der Waals surface area contributed by atoms with Crippen molar-refractivity contribution in [3.63, 3.8) is 0 Å². The average molecular weight is 285 g/mol. The first-order chi connectivity index (χ1) is 10.2. The molecule has 2 aromatic rings. The van der Waals surface area contributed by atoms with Crippen molar-refractivity contribution in [1.82, 2.24) is 15.6 Å². The van der Waals surface area contributed by atoms with E-state index in [1.54, 1.807) is 0 Å². The highest BCUT2D eigenvalue weighted by Crippen LogP contribution is 2.15. The summed E-state index contributed by atoms with van der Waals surface area (Å²) < 4.78 is 0. The van der Waals surface area contributed by atoms with Crippen LogP contribution < -0.4 is 10.6 Å². The molecule has 5 heteroatoms. The van der Waals surface area contributed by atoms with Crippen molar-refractivity contribution in [2.45, 2.75) is 19.3 Å². The van der Waals surface area contributed by atoms with Crippen LogP contribution in [0.25, 0.3) is 10.9 Å². The lowest BCUT2D eigenvalue weighted by Crippen LogP contribution is -2.41. The largest absolute Gasteiger partial charge is 0.361 e. The summed E-state index contributed by atoms with van der Waals surface area (Å²) in [5, 5.41) is 6.85. The summed E-state index contributed by atoms with van der Waals surface area (Å²) >= 11 is 0. The van der Waals surface area contributed by atoms with E-state index >= 15 is 0 Å². The molecule has 5 nitrogen and oxygen atoms in total. The van der Waals surface area contributed by atoms with E-state index < -0.39 is 0 Å². The number of hydrogen-bond donors (Lipinski definition) is 3. The van der Waals surface area contributed by atoms with Crippen molar-refractivity contribution < 1.29 is 9.59 Å². The van der Waals surface area contributed by atoms with Gasteiger partial charge in [-0.05, 0) is 49.0 Å². The number of carbonyl (C=O) groups excluding carboxylic acids is 2. The van der Waals surface area contributed by atoms with Crippen LogP contribution >= 0.6 is 0 Å². The fourth-order valence-corrected chi connectivity index (χ4v) is 2.76. The van der Waals surface area contributed by atoms with Crippen LogP contribution in [0.1, 0.15) is 18.4 Å². The van der Waals surface area contributed by atoms with Crippen LogP contribution in [0.5, 0.6) is 0 Å². The van der Waals surface area contributed by atoms with Crippen molar-refractivity contribution in [1.29, 1.82) is 0 Å². The molecule has 2 amide bonds. The number of benzene rings is 1. The number of amides is 2. The number of nitrogens with one attached hydrogen (secondary N) is 3. The zero-order chi connectivity index (χ0) is 14.7. The van der Waals surface area contributed by atoms with Gasteiger partial charge in [0.15, 0.2) is 0 Å². The van der Waals surface area contributed by atoms with Gasteiger partial charge in [0.05, 0.1) is 6.42 Å². The lowest BCUT2D eigenvalue weighted by atomic mass is 9.97. The van der Waals surface area contributed by atoms with Gasteiger partial charge in [-0.2, -0.15) is 0 Å². The molecule has 0 atom stereocenters. The minimum absolute atomic E-state index is 0.0407. The van der Waals surface area contributed by atoms with Crippen LogP contribution in [0.4, 0.5) is 0 Å². The van der Waals surface area contributed by atoms with E-state index in [4.69, 9.17) is 0 Å². The van der Waals surface area contributed by atoms with Gasteiger partial charge in [0.2, 0.25) is 11.8 Å². The molecule has 0 saturated carbocycles. The maximum Gasteiger partial charge on any atom is 0.230 e. The van der Waals surface area contributed by atoms with E-state index in [1.807, 2.05) is 30.5 Å². The van der Waals surface area contributed by atoms with Crippen LogP contribution in [0.15, 0.2) is 30.5 Å². The van der Waals surface area contributed by atoms with E-state index in [9.17, 15) is 9.59 Å². The first-order valence-corrected chi connectivity index (χ1v) is 7.33. The summed E-state index contributed by atoms with van der Waals surface area (Å²) in [6, 6.07) is 7.83. The second kappa shape index (κ2) is 6.10. The molecule has 0 spiro atoms. The van der Waals surface area contributed by atoms with Crippen LogP contribution in [-0.2, 0) is 16.0 Å². The monoisotopic (exact) mass is 285 g/mol. The zero-order valence-electron chi connectivity index (χ0n) is 11.8. The predicted molar refractivity (Wildman–Crippen MR) is 80.7 cm³/mol. The van der Waals surface area contributed by atoms with Gasteiger partial charge in [-0.1, -0.05) is 12.1 Å². The summed E-state index contributed by atoms with van der Waals surface area (Å²) in [7, 11) is 0. The van der Waals surface area contributed by atoms with Crippen LogP contribution in [0.3, 0.4) is 0 Å². The van der Waals surface area contributed by atoms with Crippen molar-refractivity contribution in [2.75, 3.05) is 13.1 Å². The topological polar surface area (TPSA) is 74.0 Å². The first-order valence-electron chi connectivity index (χ1n) is 7.33. The maximum absolute atomic E-state index is 12.0. The minimum atomic E-state index is -0.232. The van der Waals surface area contributed by atoms with E-state index in [0.717, 1.165) is 42.4 Å². The SMILES string of the molecule is O=C(Cc1ccc2cc[nH]c2c1)NC(=O)C1CCNCC1. The Morgan fingerprint density at radius 3 is 2.81 bits per heavy atom. The number of rotatable bonds is 3. The normalized spacial score (nSPS) is 16.0. The van der Waals surface area contributed by atoms with Crippen LogP contribution in [0.2, 0.25) is 0 Å². The summed E-state index contributed by atoms with van der Waals surface area (Å²) in [4.78, 5) is 27.1. The third-order valence-corrected chi connectivity index (χ3v) is 3.96. The van der Waals surface area contributed by atoms with Gasteiger partial charge in [0.25, 0.3) is 0 Å². The smallest absolute Gasteiger partial charge is 0.230 e. The van der Waals surface area contributed by atoms with Gasteiger partial charge in [-0.25, -0.2) is 0 Å². The van der Waals surface area contributed by atoms with Crippen LogP contribution in [0, 0.1) is 5.92 Å². The lowest BCUT2D eigenvalue weighted by molar-refractivity contribution is -0.133. The third-order valence-electron chi connectivity index (χ3n) is 3.96. The standard InChI is InChI=1S/C16H19N3O2/c20-15(19-16(21)13-3-6-17-7-4-13)10-11-1-2-12-5-8-18-14(12)9-11/h1-2,5,8-9,13,17-18H,3-4,6-7,10H2,(H,19,20,21). The van der Waals surface area contributed by atoms with Gasteiger partial charge in [-0.3, -0.25) is 14.9 Å². The Kier molecular flexibility index (Phi) is 4.01. The Bertz CT molecular complexity index is 656. The summed E-state index contributed by atoms with van der Waals surface area (Å²) in [6.07, 6.45) is 3.70. The second-order valence-electron chi connectivity index (χ2n) is 5.51. The van der Waals surface area contributed by atoms with Gasteiger partial charge in [0, 0.05) is 17.6 Å². The molecule has 2 heterocycles. The highest BCUT2D eigenvalue weighted by Gasteiger charge is 2.22. The van der Waals surface area contributed by atoms with Gasteiger partial charge < -0.3 is 10.3 Å². The number of aromatic amines is 1. The van der Waals surface area contributed by atoms with Crippen molar-refractivity contribution in [3.05, 3.63) is 36.0 Å². The highest BCUT2D eigenvalue weighted by molar-refractivity contribution is 5.97. The van der Waals surface area contributed by atoms with E-state index in [2.05, 4.69) is 15.6 Å². The molecule has 3 N–H and O–H groups in total. The molecule has 0 aliphatic carbocycles. The number of aromatic nitrogens is 1. The quantitative estimate of drug-likeness (QED) is 0.797. The predicted octanol–water partition coefficient (Wildman–Crippen LogP) is 1.35. The van der Waals surface area contributed by atoms with E-state index in [1.165, 1.54) is 0 Å². The maximum atomic E-state index is 12.0. The summed E-state index contributed by atoms with van der Waals surface area (Å²) in [5.74, 6) is -0.409. The molecule has 1 saturated heterocycles. The Hall–Kier alpha value is -2.14. The Morgan fingerprint density at radius 2 is 2.00 bits per heavy atom. The molecule has 0 bridgehead atoms.